The summed E-state index contributed by atoms with van der Waals surface area (Å²) in [4.78, 5) is 21.8. The molecule has 3 heterocycles. The van der Waals surface area contributed by atoms with Crippen molar-refractivity contribution in [1.82, 2.24) is 20.2 Å². The standard InChI is InChI=1S/C23H24Cl2N6OS/c1-23(25)7-5-15(12-19(23)24)18-14-33-21(29-18)16(13-26)17-6-9-28-22(30-17)27-8-3-11-31-10-2-4-20(31)32/h5-6,9,12,14,29H,2-4,7-8,10-11H2,1H3,(H,27,28,30)/b21-16-. The number of thioether (sulfide) groups is 1. The zero-order valence-corrected chi connectivity index (χ0v) is 20.5. The van der Waals surface area contributed by atoms with E-state index in [4.69, 9.17) is 23.2 Å². The summed E-state index contributed by atoms with van der Waals surface area (Å²) in [5.74, 6) is 0.683. The van der Waals surface area contributed by atoms with Crippen molar-refractivity contribution in [2.24, 2.45) is 0 Å². The Balaban J connectivity index is 1.39. The lowest BCUT2D eigenvalue weighted by molar-refractivity contribution is -0.127. The highest BCUT2D eigenvalue weighted by Crippen LogP contribution is 2.40. The van der Waals surface area contributed by atoms with Crippen LogP contribution in [0.2, 0.25) is 0 Å². The highest BCUT2D eigenvalue weighted by Gasteiger charge is 2.29. The third-order valence-corrected chi connectivity index (χ3v) is 7.53. The summed E-state index contributed by atoms with van der Waals surface area (Å²) < 4.78 is 0. The third-order valence-electron chi connectivity index (χ3n) is 5.65. The molecular weight excluding hydrogens is 479 g/mol. The maximum absolute atomic E-state index is 11.7. The number of carbonyl (C=O) groups is 1. The van der Waals surface area contributed by atoms with Gasteiger partial charge in [-0.25, -0.2) is 9.97 Å². The first-order valence-electron chi connectivity index (χ1n) is 10.8. The SMILES string of the molecule is CC1(Cl)CC=C(C2=CS/C(=C(/C#N)c3ccnc(NCCCN4CCCC4=O)n3)N2)C=C1Cl. The molecule has 1 unspecified atom stereocenters. The minimum absolute atomic E-state index is 0.228. The lowest BCUT2D eigenvalue weighted by Crippen LogP contribution is -2.27. The number of anilines is 1. The molecule has 1 aromatic rings. The maximum Gasteiger partial charge on any atom is 0.223 e. The van der Waals surface area contributed by atoms with Gasteiger partial charge in [0.25, 0.3) is 0 Å². The Bertz CT molecular complexity index is 1120. The minimum atomic E-state index is -0.581. The van der Waals surface area contributed by atoms with Gasteiger partial charge in [0.05, 0.1) is 21.3 Å². The Morgan fingerprint density at radius 1 is 1.48 bits per heavy atom. The molecule has 0 bridgehead atoms. The molecule has 4 rings (SSSR count). The Labute approximate surface area is 207 Å². The van der Waals surface area contributed by atoms with Gasteiger partial charge in [-0.1, -0.05) is 29.4 Å². The number of amides is 1. The minimum Gasteiger partial charge on any atom is -0.354 e. The van der Waals surface area contributed by atoms with Gasteiger partial charge in [-0.05, 0) is 43.9 Å². The third kappa shape index (κ3) is 5.55. The molecule has 2 aliphatic heterocycles. The van der Waals surface area contributed by atoms with E-state index in [1.165, 1.54) is 11.8 Å². The highest BCUT2D eigenvalue weighted by molar-refractivity contribution is 8.06. The number of rotatable bonds is 7. The quantitative estimate of drug-likeness (QED) is 0.316. The first-order chi connectivity index (χ1) is 15.9. The van der Waals surface area contributed by atoms with Gasteiger partial charge < -0.3 is 15.5 Å². The average Bonchev–Trinajstić information content (AvgIpc) is 3.44. The Morgan fingerprint density at radius 2 is 2.33 bits per heavy atom. The monoisotopic (exact) mass is 502 g/mol. The molecule has 1 saturated heterocycles. The van der Waals surface area contributed by atoms with Crippen LogP contribution in [0.25, 0.3) is 5.57 Å². The number of halogens is 2. The summed E-state index contributed by atoms with van der Waals surface area (Å²) >= 11 is 14.2. The van der Waals surface area contributed by atoms with E-state index in [0.29, 0.717) is 46.7 Å². The topological polar surface area (TPSA) is 93.9 Å². The second-order valence-electron chi connectivity index (χ2n) is 8.17. The Morgan fingerprint density at radius 3 is 3.06 bits per heavy atom. The molecular formula is C23H24Cl2N6OS. The van der Waals surface area contributed by atoms with Gasteiger partial charge in [-0.2, -0.15) is 5.26 Å². The molecule has 1 aliphatic carbocycles. The first-order valence-corrected chi connectivity index (χ1v) is 12.4. The fourth-order valence-corrected chi connectivity index (χ4v) is 4.91. The van der Waals surface area contributed by atoms with E-state index in [0.717, 1.165) is 37.2 Å². The van der Waals surface area contributed by atoms with Gasteiger partial charge in [-0.15, -0.1) is 11.6 Å². The van der Waals surface area contributed by atoms with Gasteiger partial charge in [0.2, 0.25) is 11.9 Å². The van der Waals surface area contributed by atoms with Gasteiger partial charge in [-0.3, -0.25) is 4.79 Å². The highest BCUT2D eigenvalue weighted by atomic mass is 35.5. The second kappa shape index (κ2) is 10.2. The lowest BCUT2D eigenvalue weighted by Gasteiger charge is -2.24. The first kappa shape index (κ1) is 23.7. The van der Waals surface area contributed by atoms with E-state index >= 15 is 0 Å². The summed E-state index contributed by atoms with van der Waals surface area (Å²) in [6, 6.07) is 3.98. The van der Waals surface area contributed by atoms with Crippen molar-refractivity contribution in [2.45, 2.75) is 37.5 Å². The number of carbonyl (C=O) groups excluding carboxylic acids is 1. The number of hydrogen-bond donors (Lipinski definition) is 2. The van der Waals surface area contributed by atoms with Crippen LogP contribution in [0, 0.1) is 11.3 Å². The van der Waals surface area contributed by atoms with E-state index in [-0.39, 0.29) is 5.91 Å². The van der Waals surface area contributed by atoms with E-state index in [1.54, 1.807) is 12.3 Å². The molecule has 1 aromatic heterocycles. The molecule has 10 heteroatoms. The van der Waals surface area contributed by atoms with Crippen molar-refractivity contribution in [3.05, 3.63) is 56.8 Å². The van der Waals surface area contributed by atoms with Gasteiger partial charge in [0.1, 0.15) is 11.6 Å². The fraction of sp³-hybridized carbons (Fsp3) is 0.391. The van der Waals surface area contributed by atoms with Crippen LogP contribution in [-0.2, 0) is 4.79 Å². The van der Waals surface area contributed by atoms with Gasteiger partial charge >= 0.3 is 0 Å². The van der Waals surface area contributed by atoms with Crippen molar-refractivity contribution in [3.63, 3.8) is 0 Å². The average molecular weight is 503 g/mol. The molecule has 1 fully saturated rings. The van der Waals surface area contributed by atoms with Crippen LogP contribution in [0.5, 0.6) is 0 Å². The summed E-state index contributed by atoms with van der Waals surface area (Å²) in [6.07, 6.45) is 8.55. The smallest absolute Gasteiger partial charge is 0.223 e. The summed E-state index contributed by atoms with van der Waals surface area (Å²) in [5.41, 5.74) is 2.79. The molecule has 0 aromatic carbocycles. The van der Waals surface area contributed by atoms with Crippen LogP contribution in [0.4, 0.5) is 5.95 Å². The molecule has 7 nitrogen and oxygen atoms in total. The van der Waals surface area contributed by atoms with Crippen LogP contribution >= 0.6 is 35.0 Å². The van der Waals surface area contributed by atoms with Crippen LogP contribution in [0.15, 0.2) is 51.2 Å². The van der Waals surface area contributed by atoms with Crippen molar-refractivity contribution < 1.29 is 4.79 Å². The molecule has 2 N–H and O–H groups in total. The molecule has 0 radical (unpaired) electrons. The number of aromatic nitrogens is 2. The largest absolute Gasteiger partial charge is 0.354 e. The maximum atomic E-state index is 11.7. The number of allylic oxidation sites excluding steroid dienone is 4. The Kier molecular flexibility index (Phi) is 7.32. The summed E-state index contributed by atoms with van der Waals surface area (Å²) in [7, 11) is 0. The number of nitrogens with one attached hydrogen (secondary N) is 2. The van der Waals surface area contributed by atoms with Crippen molar-refractivity contribution in [3.8, 4) is 6.07 Å². The Hall–Kier alpha value is -2.47. The molecule has 1 amide bonds. The normalized spacial score (nSPS) is 24.0. The van der Waals surface area contributed by atoms with Crippen LogP contribution in [0.1, 0.15) is 38.3 Å². The number of likely N-dealkylation sites (tertiary alicyclic amines) is 1. The van der Waals surface area contributed by atoms with Gasteiger partial charge in [0, 0.05) is 42.7 Å². The predicted octanol–water partition coefficient (Wildman–Crippen LogP) is 4.72. The summed E-state index contributed by atoms with van der Waals surface area (Å²) in [5, 5.41) is 19.6. The van der Waals surface area contributed by atoms with Crippen molar-refractivity contribution in [1.29, 1.82) is 5.26 Å². The molecule has 0 spiro atoms. The zero-order valence-electron chi connectivity index (χ0n) is 18.2. The number of alkyl halides is 1. The molecule has 172 valence electrons. The molecule has 1 atom stereocenters. The van der Waals surface area contributed by atoms with Crippen LogP contribution in [0.3, 0.4) is 0 Å². The van der Waals surface area contributed by atoms with E-state index in [1.807, 2.05) is 29.4 Å². The van der Waals surface area contributed by atoms with Crippen molar-refractivity contribution >= 4 is 52.4 Å². The predicted molar refractivity (Wildman–Crippen MR) is 133 cm³/mol. The number of nitriles is 1. The molecule has 0 saturated carbocycles. The van der Waals surface area contributed by atoms with E-state index < -0.39 is 4.87 Å². The second-order valence-corrected chi connectivity index (χ2v) is 10.3. The van der Waals surface area contributed by atoms with E-state index in [2.05, 4.69) is 26.7 Å². The molecule has 3 aliphatic rings. The van der Waals surface area contributed by atoms with Crippen LogP contribution in [-0.4, -0.2) is 45.3 Å². The van der Waals surface area contributed by atoms with Crippen LogP contribution < -0.4 is 10.6 Å². The number of hydrogen-bond acceptors (Lipinski definition) is 7. The zero-order chi connectivity index (χ0) is 23.4. The van der Waals surface area contributed by atoms with Crippen molar-refractivity contribution in [2.75, 3.05) is 25.0 Å². The number of nitrogens with zero attached hydrogens (tertiary/aromatic N) is 4. The summed E-state index contributed by atoms with van der Waals surface area (Å²) in [6.45, 7) is 4.10. The lowest BCUT2D eigenvalue weighted by atomic mass is 9.96. The van der Waals surface area contributed by atoms with Gasteiger partial charge in [0.15, 0.2) is 0 Å². The van der Waals surface area contributed by atoms with E-state index in [9.17, 15) is 10.1 Å². The molecule has 33 heavy (non-hydrogen) atoms. The fourth-order valence-electron chi connectivity index (χ4n) is 3.71.